The molecule has 0 N–H and O–H groups in total. The number of aryl methyl sites for hydroxylation is 2. The molecule has 0 radical (unpaired) electrons. The van der Waals surface area contributed by atoms with Crippen LogP contribution in [-0.4, -0.2) is 58.8 Å². The Morgan fingerprint density at radius 3 is 2.24 bits per heavy atom. The van der Waals surface area contributed by atoms with Gasteiger partial charge in [0.15, 0.2) is 11.6 Å². The molecule has 4 aromatic rings. The van der Waals surface area contributed by atoms with E-state index in [2.05, 4.69) is 6.07 Å². The summed E-state index contributed by atoms with van der Waals surface area (Å²) >= 11 is 0. The van der Waals surface area contributed by atoms with E-state index in [1.165, 1.54) is 49.1 Å². The molecule has 8 nitrogen and oxygen atoms in total. The van der Waals surface area contributed by atoms with Gasteiger partial charge in [0.1, 0.15) is 35.6 Å². The molecule has 4 aromatic carbocycles. The molecule has 6 rings (SSSR count). The molecule has 2 fully saturated rings. The molecule has 2 aliphatic rings. The van der Waals surface area contributed by atoms with Crippen LogP contribution in [0.4, 0.5) is 13.2 Å². The smallest absolute Gasteiger partial charge is 0.169 e. The van der Waals surface area contributed by atoms with Crippen LogP contribution >= 0.6 is 0 Å². The summed E-state index contributed by atoms with van der Waals surface area (Å²) in [6.07, 6.45) is 10.8. The Morgan fingerprint density at radius 2 is 1.56 bits per heavy atom. The van der Waals surface area contributed by atoms with Gasteiger partial charge in [-0.15, -0.1) is 0 Å². The summed E-state index contributed by atoms with van der Waals surface area (Å²) in [6, 6.07) is 23.0. The molecule has 1 heterocycles. The molecule has 1 saturated carbocycles. The van der Waals surface area contributed by atoms with Crippen LogP contribution in [-0.2, 0) is 27.1 Å². The number of fused-ring (bicyclic) bond motifs is 1. The quantitative estimate of drug-likeness (QED) is 0.0454. The third kappa shape index (κ3) is 13.9. The number of carbonyl (C=O) groups is 2. The molecular weight excluding hydrogens is 711 g/mol. The van der Waals surface area contributed by atoms with Crippen LogP contribution < -0.4 is 14.2 Å². The molecular formula is C44H48F3NO7. The zero-order valence-electron chi connectivity index (χ0n) is 31.3. The lowest BCUT2D eigenvalue weighted by Crippen LogP contribution is -2.19. The Kier molecular flexibility index (Phi) is 17.7. The Labute approximate surface area is 321 Å². The first-order valence-corrected chi connectivity index (χ1v) is 18.5. The van der Waals surface area contributed by atoms with Crippen LogP contribution in [0.1, 0.15) is 66.4 Å². The number of unbranched alkanes of at least 4 members (excludes halogenated alkanes) is 1. The molecule has 1 aliphatic heterocycles. The predicted octanol–water partition coefficient (Wildman–Crippen LogP) is 9.30. The highest BCUT2D eigenvalue weighted by molar-refractivity contribution is 5.77. The average Bonchev–Trinajstić information content (AvgIpc) is 4.00. The third-order valence-corrected chi connectivity index (χ3v) is 9.24. The standard InChI is InChI=1S/C19H26O4.C13H7F3O.C12H15NO2/c20-10-1-3-15-4-7-17(8-5-15)22-12-2-11-21-14-16-6-9-18-19(13-16)23-18;14-10-5-6-11(15)13(16)12(10)9-3-1-8(7-17)2-4-9;1-14-11-6-7-12(15-2)10(9-11)5-3-4-8-13/h4-5,7-8,10,16,18-19H,1-3,6,9,11-14H2;1-7H;6-7,9H,3-5H2,1-2H3. The second-order valence-electron chi connectivity index (χ2n) is 13.2. The molecule has 292 valence electrons. The Hall–Kier alpha value is -5.18. The van der Waals surface area contributed by atoms with E-state index in [1.54, 1.807) is 14.2 Å². The van der Waals surface area contributed by atoms with Crippen molar-refractivity contribution in [2.75, 3.05) is 34.0 Å². The van der Waals surface area contributed by atoms with E-state index in [0.29, 0.717) is 49.4 Å². The highest BCUT2D eigenvalue weighted by atomic mass is 19.2. The number of hydrogen-bond donors (Lipinski definition) is 0. The molecule has 0 bridgehead atoms. The van der Waals surface area contributed by atoms with Gasteiger partial charge in [0, 0.05) is 38.0 Å². The number of benzene rings is 4. The minimum atomic E-state index is -1.23. The van der Waals surface area contributed by atoms with Gasteiger partial charge in [0.2, 0.25) is 0 Å². The summed E-state index contributed by atoms with van der Waals surface area (Å²) in [7, 11) is 3.29. The summed E-state index contributed by atoms with van der Waals surface area (Å²) in [6.45, 7) is 2.28. The summed E-state index contributed by atoms with van der Waals surface area (Å²) < 4.78 is 67.3. The first-order chi connectivity index (χ1) is 26.8. The highest BCUT2D eigenvalue weighted by Gasteiger charge is 2.43. The monoisotopic (exact) mass is 759 g/mol. The van der Waals surface area contributed by atoms with Gasteiger partial charge < -0.3 is 28.5 Å². The lowest BCUT2D eigenvalue weighted by Gasteiger charge is -2.18. The minimum Gasteiger partial charge on any atom is -0.497 e. The molecule has 1 aliphatic carbocycles. The summed E-state index contributed by atoms with van der Waals surface area (Å²) in [5.74, 6) is 0.0478. The van der Waals surface area contributed by atoms with Crippen molar-refractivity contribution < 1.29 is 46.4 Å². The number of nitrogens with zero attached hydrogens (tertiary/aromatic N) is 1. The Morgan fingerprint density at radius 1 is 0.818 bits per heavy atom. The number of ether oxygens (including phenoxy) is 5. The molecule has 0 spiro atoms. The maximum Gasteiger partial charge on any atom is 0.169 e. The van der Waals surface area contributed by atoms with Gasteiger partial charge in [0.05, 0.1) is 44.7 Å². The molecule has 55 heavy (non-hydrogen) atoms. The van der Waals surface area contributed by atoms with E-state index in [4.69, 9.17) is 28.9 Å². The van der Waals surface area contributed by atoms with E-state index >= 15 is 0 Å². The number of epoxide rings is 1. The molecule has 1 saturated heterocycles. The van der Waals surface area contributed by atoms with Crippen molar-refractivity contribution in [3.8, 4) is 34.4 Å². The van der Waals surface area contributed by atoms with Crippen molar-refractivity contribution >= 4 is 12.6 Å². The van der Waals surface area contributed by atoms with Gasteiger partial charge in [-0.25, -0.2) is 13.2 Å². The first-order valence-electron chi connectivity index (χ1n) is 18.5. The van der Waals surface area contributed by atoms with Crippen LogP contribution in [0.15, 0.2) is 78.9 Å². The van der Waals surface area contributed by atoms with Gasteiger partial charge in [0.25, 0.3) is 0 Å². The average molecular weight is 760 g/mol. The van der Waals surface area contributed by atoms with Crippen molar-refractivity contribution in [2.45, 2.75) is 70.0 Å². The maximum atomic E-state index is 13.4. The van der Waals surface area contributed by atoms with Crippen molar-refractivity contribution in [2.24, 2.45) is 5.92 Å². The minimum absolute atomic E-state index is 0.185. The fourth-order valence-corrected chi connectivity index (χ4v) is 6.17. The fraction of sp³-hybridized carbons (Fsp3) is 0.386. The van der Waals surface area contributed by atoms with Crippen molar-refractivity contribution in [3.63, 3.8) is 0 Å². The lowest BCUT2D eigenvalue weighted by atomic mass is 9.90. The van der Waals surface area contributed by atoms with Gasteiger partial charge >= 0.3 is 0 Å². The van der Waals surface area contributed by atoms with Gasteiger partial charge in [-0.3, -0.25) is 4.79 Å². The Balaban J connectivity index is 0.000000189. The molecule has 3 atom stereocenters. The second-order valence-corrected chi connectivity index (χ2v) is 13.2. The molecule has 3 unspecified atom stereocenters. The van der Waals surface area contributed by atoms with Crippen LogP contribution in [0.2, 0.25) is 0 Å². The fourth-order valence-electron chi connectivity index (χ4n) is 6.17. The number of rotatable bonds is 17. The van der Waals surface area contributed by atoms with Gasteiger partial charge in [-0.05, 0) is 104 Å². The highest BCUT2D eigenvalue weighted by Crippen LogP contribution is 2.39. The predicted molar refractivity (Wildman–Crippen MR) is 203 cm³/mol. The van der Waals surface area contributed by atoms with Crippen LogP contribution in [0, 0.1) is 34.7 Å². The zero-order chi connectivity index (χ0) is 39.4. The van der Waals surface area contributed by atoms with Gasteiger partial charge in [-0.1, -0.05) is 36.4 Å². The van der Waals surface area contributed by atoms with Crippen molar-refractivity contribution in [1.29, 1.82) is 5.26 Å². The number of halogens is 3. The van der Waals surface area contributed by atoms with E-state index in [0.717, 1.165) is 80.1 Å². The number of methoxy groups -OCH3 is 2. The third-order valence-electron chi connectivity index (χ3n) is 9.24. The van der Waals surface area contributed by atoms with E-state index in [9.17, 15) is 22.8 Å². The number of nitriles is 1. The van der Waals surface area contributed by atoms with Crippen molar-refractivity contribution in [1.82, 2.24) is 0 Å². The van der Waals surface area contributed by atoms with E-state index < -0.39 is 23.0 Å². The largest absolute Gasteiger partial charge is 0.497 e. The second kappa shape index (κ2) is 22.9. The summed E-state index contributed by atoms with van der Waals surface area (Å²) in [5.41, 5.74) is 2.40. The summed E-state index contributed by atoms with van der Waals surface area (Å²) in [5, 5.41) is 8.47. The first kappa shape index (κ1) is 42.6. The SMILES string of the molecule is COc1ccc(OC)c(CCCC#N)c1.O=CCCc1ccc(OCCCOCC2CCC3OC3C2)cc1.O=Cc1ccc(-c2c(F)ccc(F)c2F)cc1. The molecule has 11 heteroatoms. The Bertz CT molecular complexity index is 1830. The number of aldehydes is 2. The molecule has 0 amide bonds. The summed E-state index contributed by atoms with van der Waals surface area (Å²) in [4.78, 5) is 20.8. The van der Waals surface area contributed by atoms with Crippen LogP contribution in [0.3, 0.4) is 0 Å². The molecule has 0 aromatic heterocycles. The van der Waals surface area contributed by atoms with Crippen LogP contribution in [0.25, 0.3) is 11.1 Å². The van der Waals surface area contributed by atoms with Gasteiger partial charge in [-0.2, -0.15) is 5.26 Å². The topological polar surface area (TPSA) is 107 Å². The number of hydrogen-bond acceptors (Lipinski definition) is 8. The number of carbonyl (C=O) groups excluding carboxylic acids is 2. The maximum absolute atomic E-state index is 13.4. The van der Waals surface area contributed by atoms with Crippen molar-refractivity contribution in [3.05, 3.63) is 113 Å². The van der Waals surface area contributed by atoms with E-state index in [1.807, 2.05) is 42.5 Å². The van der Waals surface area contributed by atoms with Crippen LogP contribution in [0.5, 0.6) is 17.2 Å². The normalized spacial score (nSPS) is 16.5. The lowest BCUT2D eigenvalue weighted by molar-refractivity contribution is -0.107. The van der Waals surface area contributed by atoms with E-state index in [-0.39, 0.29) is 5.56 Å². The zero-order valence-corrected chi connectivity index (χ0v) is 31.3.